The molecule has 1 amide bonds. The maximum atomic E-state index is 13.8. The highest BCUT2D eigenvalue weighted by Gasteiger charge is 2.34. The van der Waals surface area contributed by atoms with E-state index in [0.717, 1.165) is 37.1 Å². The van der Waals surface area contributed by atoms with Crippen LogP contribution in [0.4, 0.5) is 10.1 Å². The fourth-order valence-corrected chi connectivity index (χ4v) is 3.49. The number of hydrogen-bond donors (Lipinski definition) is 4. The largest absolute Gasteiger partial charge is 0.400 e. The van der Waals surface area contributed by atoms with Crippen molar-refractivity contribution in [3.63, 3.8) is 0 Å². The first-order valence-corrected chi connectivity index (χ1v) is 13.5. The zero-order chi connectivity index (χ0) is 27.8. The molecule has 1 atom stereocenters. The van der Waals surface area contributed by atoms with Crippen molar-refractivity contribution in [2.24, 2.45) is 11.7 Å². The summed E-state index contributed by atoms with van der Waals surface area (Å²) in [5.74, 6) is 0.251. The second kappa shape index (κ2) is 23.1. The van der Waals surface area contributed by atoms with Gasteiger partial charge in [0.15, 0.2) is 0 Å². The topological polar surface area (TPSA) is 100 Å². The van der Waals surface area contributed by atoms with E-state index >= 15 is 0 Å². The lowest BCUT2D eigenvalue weighted by Gasteiger charge is -2.30. The highest BCUT2D eigenvalue weighted by atomic mass is 19.1. The maximum Gasteiger partial charge on any atom is 0.211 e. The Morgan fingerprint density at radius 2 is 1.69 bits per heavy atom. The Kier molecular flexibility index (Phi) is 23.0. The molecule has 1 aliphatic carbocycles. The van der Waals surface area contributed by atoms with Gasteiger partial charge in [0.05, 0.1) is 16.9 Å². The summed E-state index contributed by atoms with van der Waals surface area (Å²) in [6, 6.07) is 10.2. The van der Waals surface area contributed by atoms with Crippen LogP contribution in [0.15, 0.2) is 42.6 Å². The molecule has 0 radical (unpaired) electrons. The molecule has 2 aliphatic rings. The van der Waals surface area contributed by atoms with Crippen LogP contribution in [0.5, 0.6) is 0 Å². The van der Waals surface area contributed by atoms with E-state index in [-0.39, 0.29) is 5.69 Å². The Morgan fingerprint density at radius 1 is 1.08 bits per heavy atom. The smallest absolute Gasteiger partial charge is 0.211 e. The molecule has 1 aromatic heterocycles. The van der Waals surface area contributed by atoms with Crippen LogP contribution < -0.4 is 16.4 Å². The van der Waals surface area contributed by atoms with Gasteiger partial charge in [-0.05, 0) is 74.5 Å². The molecule has 1 aromatic carbocycles. The summed E-state index contributed by atoms with van der Waals surface area (Å²) in [5.41, 5.74) is 7.58. The maximum absolute atomic E-state index is 13.8. The SMILES string of the molecule is C1CCNC1.CC.CC.CC.CO.NC(CCC1CC1)(c1ccc(F)c(NC=O)c1)c1ccccn1. The van der Waals surface area contributed by atoms with Gasteiger partial charge < -0.3 is 21.5 Å². The van der Waals surface area contributed by atoms with E-state index in [1.807, 2.05) is 59.7 Å². The molecule has 5 N–H and O–H groups in total. The number of aliphatic hydroxyl groups is 1. The van der Waals surface area contributed by atoms with Crippen molar-refractivity contribution < 1.29 is 14.3 Å². The number of amides is 1. The lowest BCUT2D eigenvalue weighted by molar-refractivity contribution is -0.105. The number of aromatic nitrogens is 1. The quantitative estimate of drug-likeness (QED) is 0.333. The molecule has 4 rings (SSSR count). The number of pyridine rings is 1. The first kappa shape index (κ1) is 35.8. The van der Waals surface area contributed by atoms with Crippen molar-refractivity contribution in [3.8, 4) is 0 Å². The normalized spacial score (nSPS) is 14.6. The van der Waals surface area contributed by atoms with E-state index in [4.69, 9.17) is 10.8 Å². The summed E-state index contributed by atoms with van der Waals surface area (Å²) >= 11 is 0. The minimum atomic E-state index is -0.795. The monoisotopic (exact) mass is 506 g/mol. The predicted molar refractivity (Wildman–Crippen MR) is 152 cm³/mol. The zero-order valence-electron chi connectivity index (χ0n) is 23.6. The Balaban J connectivity index is 0. The van der Waals surface area contributed by atoms with Gasteiger partial charge in [0.1, 0.15) is 5.82 Å². The molecule has 7 heteroatoms. The third-order valence-electron chi connectivity index (χ3n) is 5.42. The molecule has 1 saturated carbocycles. The van der Waals surface area contributed by atoms with Gasteiger partial charge in [0, 0.05) is 13.3 Å². The molecular weight excluding hydrogens is 455 g/mol. The van der Waals surface area contributed by atoms with Crippen molar-refractivity contribution in [2.45, 2.75) is 85.6 Å². The van der Waals surface area contributed by atoms with Crippen molar-refractivity contribution in [1.82, 2.24) is 10.3 Å². The third kappa shape index (κ3) is 13.1. The predicted octanol–water partition coefficient (Wildman–Crippen LogP) is 6.24. The van der Waals surface area contributed by atoms with E-state index in [2.05, 4.69) is 15.6 Å². The lowest BCUT2D eigenvalue weighted by Crippen LogP contribution is -2.39. The summed E-state index contributed by atoms with van der Waals surface area (Å²) in [6.45, 7) is 14.5. The Labute approximate surface area is 219 Å². The Hall–Kier alpha value is -2.35. The minimum Gasteiger partial charge on any atom is -0.400 e. The molecule has 2 aromatic rings. The summed E-state index contributed by atoms with van der Waals surface area (Å²) in [5, 5.41) is 12.6. The average Bonchev–Trinajstić information content (AvgIpc) is 3.60. The van der Waals surface area contributed by atoms with Crippen LogP contribution in [-0.2, 0) is 10.3 Å². The van der Waals surface area contributed by atoms with Gasteiger partial charge in [-0.25, -0.2) is 4.39 Å². The Morgan fingerprint density at radius 3 is 2.14 bits per heavy atom. The van der Waals surface area contributed by atoms with Crippen LogP contribution >= 0.6 is 0 Å². The van der Waals surface area contributed by atoms with Gasteiger partial charge in [-0.2, -0.15) is 0 Å². The van der Waals surface area contributed by atoms with E-state index in [1.165, 1.54) is 44.8 Å². The molecule has 1 saturated heterocycles. The molecule has 1 unspecified atom stereocenters. The standard InChI is InChI=1S/C18H20FN3O.C4H9N.3C2H6.CH4O/c19-15-7-6-14(11-16(15)22-12-23)18(20,9-8-13-4-5-13)17-3-1-2-10-21-17;1-2-4-5-3-1;4*1-2/h1-3,6-7,10-13H,4-5,8-9,20H2,(H,22,23);5H,1-4H2;3*1-2H3;2H,1H3. The molecule has 6 nitrogen and oxygen atoms in total. The fourth-order valence-electron chi connectivity index (χ4n) is 3.49. The summed E-state index contributed by atoms with van der Waals surface area (Å²) in [6.07, 6.45) is 9.20. The molecule has 36 heavy (non-hydrogen) atoms. The van der Waals surface area contributed by atoms with Crippen molar-refractivity contribution in [1.29, 1.82) is 0 Å². The number of hydrogen-bond acceptors (Lipinski definition) is 5. The van der Waals surface area contributed by atoms with Gasteiger partial charge in [-0.15, -0.1) is 0 Å². The van der Waals surface area contributed by atoms with E-state index in [9.17, 15) is 9.18 Å². The molecular formula is C29H51FN4O2. The van der Waals surface area contributed by atoms with Crippen LogP contribution in [0.3, 0.4) is 0 Å². The summed E-state index contributed by atoms with van der Waals surface area (Å²) in [4.78, 5) is 15.1. The van der Waals surface area contributed by atoms with E-state index < -0.39 is 11.4 Å². The average molecular weight is 507 g/mol. The number of carbonyl (C=O) groups is 1. The van der Waals surface area contributed by atoms with Gasteiger partial charge in [0.25, 0.3) is 0 Å². The number of nitrogens with two attached hydrogens (primary N) is 1. The fraction of sp³-hybridized carbons (Fsp3) is 0.586. The molecule has 2 fully saturated rings. The van der Waals surface area contributed by atoms with Gasteiger partial charge >= 0.3 is 0 Å². The summed E-state index contributed by atoms with van der Waals surface area (Å²) < 4.78 is 13.8. The van der Waals surface area contributed by atoms with Crippen molar-refractivity contribution >= 4 is 12.1 Å². The lowest BCUT2D eigenvalue weighted by atomic mass is 9.82. The number of nitrogens with zero attached hydrogens (tertiary/aromatic N) is 1. The molecule has 1 aliphatic heterocycles. The van der Waals surface area contributed by atoms with Crippen LogP contribution in [0.1, 0.15) is 91.3 Å². The van der Waals surface area contributed by atoms with Crippen molar-refractivity contribution in [2.75, 3.05) is 25.5 Å². The number of halogens is 1. The first-order valence-electron chi connectivity index (χ1n) is 13.5. The molecule has 206 valence electrons. The van der Waals surface area contributed by atoms with Gasteiger partial charge in [-0.1, -0.05) is 66.5 Å². The number of benzene rings is 1. The third-order valence-corrected chi connectivity index (χ3v) is 5.42. The number of nitrogens with one attached hydrogen (secondary N) is 2. The molecule has 0 bridgehead atoms. The zero-order valence-corrected chi connectivity index (χ0v) is 23.6. The number of anilines is 1. The second-order valence-electron chi connectivity index (χ2n) is 7.58. The first-order chi connectivity index (χ1) is 17.6. The summed E-state index contributed by atoms with van der Waals surface area (Å²) in [7, 11) is 1.00. The van der Waals surface area contributed by atoms with Crippen molar-refractivity contribution in [3.05, 3.63) is 59.7 Å². The van der Waals surface area contributed by atoms with Crippen LogP contribution in [0.2, 0.25) is 0 Å². The number of aliphatic hydroxyl groups excluding tert-OH is 1. The number of rotatable bonds is 7. The molecule has 2 heterocycles. The van der Waals surface area contributed by atoms with E-state index in [1.54, 1.807) is 18.3 Å². The highest BCUT2D eigenvalue weighted by Crippen LogP contribution is 2.39. The Bertz CT molecular complexity index is 762. The highest BCUT2D eigenvalue weighted by molar-refractivity contribution is 5.72. The van der Waals surface area contributed by atoms with Crippen LogP contribution in [0, 0.1) is 11.7 Å². The van der Waals surface area contributed by atoms with Crippen LogP contribution in [0.25, 0.3) is 0 Å². The number of carbonyl (C=O) groups excluding carboxylic acids is 1. The van der Waals surface area contributed by atoms with Gasteiger partial charge in [0.2, 0.25) is 6.41 Å². The van der Waals surface area contributed by atoms with E-state index in [0.29, 0.717) is 6.41 Å². The second-order valence-corrected chi connectivity index (χ2v) is 7.58. The van der Waals surface area contributed by atoms with Gasteiger partial charge in [-0.3, -0.25) is 9.78 Å². The van der Waals surface area contributed by atoms with Crippen LogP contribution in [-0.4, -0.2) is 36.7 Å². The minimum absolute atomic E-state index is 0.134. The molecule has 0 spiro atoms.